The molecular weight excluding hydrogens is 470 g/mol. The molecule has 0 aromatic heterocycles. The Morgan fingerprint density at radius 3 is 2.50 bits per heavy atom. The Morgan fingerprint density at radius 2 is 1.75 bits per heavy atom. The zero-order valence-electron chi connectivity index (χ0n) is 20.2. The second kappa shape index (κ2) is 10.8. The summed E-state index contributed by atoms with van der Waals surface area (Å²) in [6.45, 7) is 2.40. The minimum Gasteiger partial charge on any atom is -0.506 e. The fourth-order valence-corrected chi connectivity index (χ4v) is 4.62. The Bertz CT molecular complexity index is 1430. The summed E-state index contributed by atoms with van der Waals surface area (Å²) in [5.74, 6) is 1.76. The third kappa shape index (κ3) is 5.34. The van der Waals surface area contributed by atoms with E-state index in [0.29, 0.717) is 11.6 Å². The zero-order chi connectivity index (χ0) is 24.9. The van der Waals surface area contributed by atoms with Gasteiger partial charge in [0.15, 0.2) is 0 Å². The molecule has 1 heterocycles. The van der Waals surface area contributed by atoms with Crippen LogP contribution in [-0.2, 0) is 6.42 Å². The fourth-order valence-electron chi connectivity index (χ4n) is 4.50. The maximum absolute atomic E-state index is 10.2. The number of phenols is 1. The van der Waals surface area contributed by atoms with E-state index in [1.807, 2.05) is 36.4 Å². The van der Waals surface area contributed by atoms with Crippen LogP contribution in [0.5, 0.6) is 17.2 Å². The summed E-state index contributed by atoms with van der Waals surface area (Å²) >= 11 is 6.08. The lowest BCUT2D eigenvalue weighted by molar-refractivity contribution is 0.263. The SMILES string of the molecule is COc1ccc2c(Cc3ccc(OCCN4C=CC=CC4)cc3)c(-c3ccc(Cl)c(O)c3)ccc2c1. The molecule has 1 N–H and O–H groups in total. The van der Waals surface area contributed by atoms with Gasteiger partial charge in [0.2, 0.25) is 0 Å². The predicted octanol–water partition coefficient (Wildman–Crippen LogP) is 7.23. The first-order valence-electron chi connectivity index (χ1n) is 12.0. The van der Waals surface area contributed by atoms with Crippen LogP contribution in [0.1, 0.15) is 11.1 Å². The molecule has 4 nitrogen and oxygen atoms in total. The molecule has 0 spiro atoms. The van der Waals surface area contributed by atoms with Crippen molar-refractivity contribution in [1.29, 1.82) is 0 Å². The third-order valence-corrected chi connectivity index (χ3v) is 6.75. The van der Waals surface area contributed by atoms with Crippen LogP contribution in [0, 0.1) is 0 Å². The van der Waals surface area contributed by atoms with Crippen LogP contribution in [0.2, 0.25) is 5.02 Å². The second-order valence-corrected chi connectivity index (χ2v) is 9.19. The van der Waals surface area contributed by atoms with Crippen LogP contribution in [0.3, 0.4) is 0 Å². The molecule has 4 aromatic rings. The molecule has 4 aromatic carbocycles. The number of halogens is 1. The van der Waals surface area contributed by atoms with Crippen molar-refractivity contribution >= 4 is 22.4 Å². The Hall–Kier alpha value is -3.89. The van der Waals surface area contributed by atoms with E-state index in [0.717, 1.165) is 52.9 Å². The zero-order valence-corrected chi connectivity index (χ0v) is 20.9. The first kappa shape index (κ1) is 23.8. The molecule has 1 aliphatic rings. The lowest BCUT2D eigenvalue weighted by Gasteiger charge is -2.20. The molecule has 182 valence electrons. The van der Waals surface area contributed by atoms with Gasteiger partial charge in [0.05, 0.1) is 18.7 Å². The molecule has 0 bridgehead atoms. The van der Waals surface area contributed by atoms with Gasteiger partial charge >= 0.3 is 0 Å². The standard InChI is InChI=1S/C31H28ClNO3/c1-35-26-11-13-28-23(20-26)7-12-27(24-8-14-30(32)31(34)21-24)29(28)19-22-5-9-25(10-6-22)36-18-17-33-15-3-2-4-16-33/h2-15,20-21,34H,16-19H2,1H3. The maximum atomic E-state index is 10.2. The second-order valence-electron chi connectivity index (χ2n) is 8.78. The minimum absolute atomic E-state index is 0.0764. The Balaban J connectivity index is 1.41. The molecule has 36 heavy (non-hydrogen) atoms. The summed E-state index contributed by atoms with van der Waals surface area (Å²) in [6, 6.07) is 24.0. The van der Waals surface area contributed by atoms with E-state index >= 15 is 0 Å². The highest BCUT2D eigenvalue weighted by Gasteiger charge is 2.13. The summed E-state index contributed by atoms with van der Waals surface area (Å²) in [4.78, 5) is 2.22. The largest absolute Gasteiger partial charge is 0.506 e. The molecule has 5 heteroatoms. The van der Waals surface area contributed by atoms with E-state index in [4.69, 9.17) is 21.1 Å². The van der Waals surface area contributed by atoms with Crippen molar-refractivity contribution in [2.75, 3.05) is 26.8 Å². The summed E-state index contributed by atoms with van der Waals surface area (Å²) in [7, 11) is 1.68. The van der Waals surface area contributed by atoms with Crippen molar-refractivity contribution < 1.29 is 14.6 Å². The maximum Gasteiger partial charge on any atom is 0.134 e. The van der Waals surface area contributed by atoms with Gasteiger partial charge in [0.1, 0.15) is 23.9 Å². The van der Waals surface area contributed by atoms with Gasteiger partial charge in [-0.1, -0.05) is 60.2 Å². The van der Waals surface area contributed by atoms with Crippen molar-refractivity contribution in [3.63, 3.8) is 0 Å². The highest BCUT2D eigenvalue weighted by molar-refractivity contribution is 6.32. The molecule has 0 aliphatic carbocycles. The van der Waals surface area contributed by atoms with E-state index in [1.165, 1.54) is 11.1 Å². The van der Waals surface area contributed by atoms with Gasteiger partial charge in [0, 0.05) is 6.54 Å². The van der Waals surface area contributed by atoms with Gasteiger partial charge in [-0.15, -0.1) is 0 Å². The monoisotopic (exact) mass is 497 g/mol. The summed E-state index contributed by atoms with van der Waals surface area (Å²) in [5, 5.41) is 12.8. The Labute approximate surface area is 216 Å². The number of hydrogen-bond donors (Lipinski definition) is 1. The molecule has 5 rings (SSSR count). The smallest absolute Gasteiger partial charge is 0.134 e. The third-order valence-electron chi connectivity index (χ3n) is 6.43. The number of hydrogen-bond acceptors (Lipinski definition) is 4. The Kier molecular flexibility index (Phi) is 7.15. The van der Waals surface area contributed by atoms with Crippen LogP contribution in [0.25, 0.3) is 21.9 Å². The predicted molar refractivity (Wildman–Crippen MR) is 147 cm³/mol. The van der Waals surface area contributed by atoms with Crippen molar-refractivity contribution in [1.82, 2.24) is 4.90 Å². The van der Waals surface area contributed by atoms with Gasteiger partial charge in [-0.25, -0.2) is 0 Å². The Morgan fingerprint density at radius 1 is 0.917 bits per heavy atom. The molecule has 0 saturated heterocycles. The van der Waals surface area contributed by atoms with Crippen LogP contribution < -0.4 is 9.47 Å². The number of benzene rings is 4. The van der Waals surface area contributed by atoms with E-state index in [9.17, 15) is 5.11 Å². The molecule has 0 radical (unpaired) electrons. The van der Waals surface area contributed by atoms with Crippen LogP contribution in [0.15, 0.2) is 97.2 Å². The van der Waals surface area contributed by atoms with Gasteiger partial charge in [-0.3, -0.25) is 0 Å². The molecule has 0 atom stereocenters. The number of aromatic hydroxyl groups is 1. The number of rotatable bonds is 8. The average molecular weight is 498 g/mol. The van der Waals surface area contributed by atoms with Crippen LogP contribution in [-0.4, -0.2) is 36.8 Å². The lowest BCUT2D eigenvalue weighted by atomic mass is 9.90. The van der Waals surface area contributed by atoms with Crippen LogP contribution >= 0.6 is 11.6 Å². The normalized spacial score (nSPS) is 12.8. The molecule has 0 amide bonds. The van der Waals surface area contributed by atoms with Gasteiger partial charge in [-0.05, 0) is 88.1 Å². The van der Waals surface area contributed by atoms with Gasteiger partial charge in [-0.2, -0.15) is 0 Å². The molecular formula is C31H28ClNO3. The van der Waals surface area contributed by atoms with E-state index in [-0.39, 0.29) is 5.75 Å². The van der Waals surface area contributed by atoms with Gasteiger partial charge in [0.25, 0.3) is 0 Å². The molecule has 0 fully saturated rings. The fraction of sp³-hybridized carbons (Fsp3) is 0.161. The topological polar surface area (TPSA) is 41.9 Å². The number of fused-ring (bicyclic) bond motifs is 1. The van der Waals surface area contributed by atoms with Crippen molar-refractivity contribution in [3.05, 3.63) is 113 Å². The highest BCUT2D eigenvalue weighted by atomic mass is 35.5. The van der Waals surface area contributed by atoms with Crippen molar-refractivity contribution in [3.8, 4) is 28.4 Å². The number of allylic oxidation sites excluding steroid dienone is 2. The first-order valence-corrected chi connectivity index (χ1v) is 12.4. The molecule has 1 aliphatic heterocycles. The van der Waals surface area contributed by atoms with Gasteiger partial charge < -0.3 is 19.5 Å². The van der Waals surface area contributed by atoms with E-state index < -0.39 is 0 Å². The average Bonchev–Trinajstić information content (AvgIpc) is 2.91. The van der Waals surface area contributed by atoms with Crippen LogP contribution in [0.4, 0.5) is 0 Å². The number of phenolic OH excluding ortho intramolecular Hbond substituents is 1. The van der Waals surface area contributed by atoms with E-state index in [2.05, 4.69) is 53.6 Å². The molecule has 0 saturated carbocycles. The number of ether oxygens (including phenoxy) is 2. The van der Waals surface area contributed by atoms with Crippen molar-refractivity contribution in [2.24, 2.45) is 0 Å². The summed E-state index contributed by atoms with van der Waals surface area (Å²) in [5.41, 5.74) is 4.33. The minimum atomic E-state index is 0.0764. The lowest BCUT2D eigenvalue weighted by Crippen LogP contribution is -2.24. The highest BCUT2D eigenvalue weighted by Crippen LogP contribution is 2.36. The van der Waals surface area contributed by atoms with E-state index in [1.54, 1.807) is 19.2 Å². The first-order chi connectivity index (χ1) is 17.6. The molecule has 0 unspecified atom stereocenters. The summed E-state index contributed by atoms with van der Waals surface area (Å²) in [6.07, 6.45) is 9.06. The summed E-state index contributed by atoms with van der Waals surface area (Å²) < 4.78 is 11.4. The number of nitrogens with zero attached hydrogens (tertiary/aromatic N) is 1. The van der Waals surface area contributed by atoms with Crippen molar-refractivity contribution in [2.45, 2.75) is 6.42 Å². The number of methoxy groups -OCH3 is 1. The quantitative estimate of drug-likeness (QED) is 0.279.